The lowest BCUT2D eigenvalue weighted by Crippen LogP contribution is -1.97. The van der Waals surface area contributed by atoms with Gasteiger partial charge in [-0.05, 0) is 31.3 Å². The minimum absolute atomic E-state index is 0.817. The lowest BCUT2D eigenvalue weighted by molar-refractivity contribution is 0.454. The van der Waals surface area contributed by atoms with E-state index in [1.807, 2.05) is 12.2 Å². The van der Waals surface area contributed by atoms with Crippen LogP contribution in [0.5, 0.6) is 0 Å². The van der Waals surface area contributed by atoms with Gasteiger partial charge in [0.05, 0.1) is 0 Å². The number of hydrogen-bond acceptors (Lipinski definition) is 0. The Morgan fingerprint density at radius 2 is 2.17 bits per heavy atom. The average Bonchev–Trinajstić information content (AvgIpc) is 2.06. The van der Waals surface area contributed by atoms with Crippen molar-refractivity contribution in [1.29, 1.82) is 0 Å². The molecule has 0 heterocycles. The SMILES string of the molecule is C=C=CCC[C@@H](CC=C)CCC. The van der Waals surface area contributed by atoms with Crippen molar-refractivity contribution in [3.63, 3.8) is 0 Å². The van der Waals surface area contributed by atoms with Gasteiger partial charge in [0.1, 0.15) is 0 Å². The number of allylic oxidation sites excluding steroid dienone is 2. The Balaban J connectivity index is 3.60. The highest BCUT2D eigenvalue weighted by Gasteiger charge is 2.03. The Kier molecular flexibility index (Phi) is 7.84. The molecule has 0 rings (SSSR count). The molecule has 0 N–H and O–H groups in total. The van der Waals surface area contributed by atoms with Crippen LogP contribution in [0.3, 0.4) is 0 Å². The first kappa shape index (κ1) is 11.3. The summed E-state index contributed by atoms with van der Waals surface area (Å²) in [5.41, 5.74) is 2.81. The van der Waals surface area contributed by atoms with E-state index in [0.717, 1.165) is 18.8 Å². The summed E-state index contributed by atoms with van der Waals surface area (Å²) in [6, 6.07) is 0. The van der Waals surface area contributed by atoms with E-state index >= 15 is 0 Å². The van der Waals surface area contributed by atoms with Crippen molar-refractivity contribution in [3.8, 4) is 0 Å². The molecule has 68 valence electrons. The molecule has 0 aromatic heterocycles. The third-order valence-corrected chi connectivity index (χ3v) is 2.06. The first-order valence-electron chi connectivity index (χ1n) is 4.80. The van der Waals surface area contributed by atoms with Crippen molar-refractivity contribution in [1.82, 2.24) is 0 Å². The maximum Gasteiger partial charge on any atom is -0.0272 e. The smallest absolute Gasteiger partial charge is 0.0272 e. The predicted molar refractivity (Wildman–Crippen MR) is 56.2 cm³/mol. The van der Waals surface area contributed by atoms with Crippen LogP contribution >= 0.6 is 0 Å². The molecule has 0 amide bonds. The standard InChI is InChI=1S/C12H20/c1-4-7-8-11-12(9-5-2)10-6-3/h5,7,12H,1-2,6,8-11H2,3H3/t12-/m0/s1. The molecule has 0 aliphatic heterocycles. The molecule has 0 nitrogen and oxygen atoms in total. The van der Waals surface area contributed by atoms with Gasteiger partial charge in [0.2, 0.25) is 0 Å². The quantitative estimate of drug-likeness (QED) is 0.392. The van der Waals surface area contributed by atoms with Crippen LogP contribution < -0.4 is 0 Å². The van der Waals surface area contributed by atoms with E-state index in [-0.39, 0.29) is 0 Å². The molecule has 0 aromatic rings. The summed E-state index contributed by atoms with van der Waals surface area (Å²) in [5.74, 6) is 0.817. The highest BCUT2D eigenvalue weighted by Crippen LogP contribution is 2.17. The van der Waals surface area contributed by atoms with Gasteiger partial charge in [0.15, 0.2) is 0 Å². The van der Waals surface area contributed by atoms with Crippen LogP contribution in [0.4, 0.5) is 0 Å². The zero-order chi connectivity index (χ0) is 9.23. The Bertz CT molecular complexity index is 149. The second kappa shape index (κ2) is 8.36. The molecule has 0 saturated carbocycles. The van der Waals surface area contributed by atoms with Gasteiger partial charge in [-0.15, -0.1) is 12.3 Å². The minimum atomic E-state index is 0.817. The molecular weight excluding hydrogens is 144 g/mol. The number of hydrogen-bond donors (Lipinski definition) is 0. The van der Waals surface area contributed by atoms with E-state index in [0.29, 0.717) is 0 Å². The largest absolute Gasteiger partial charge is 0.133 e. The van der Waals surface area contributed by atoms with Crippen molar-refractivity contribution in [2.75, 3.05) is 0 Å². The fourth-order valence-corrected chi connectivity index (χ4v) is 1.45. The second-order valence-electron chi connectivity index (χ2n) is 3.16. The first-order valence-corrected chi connectivity index (χ1v) is 4.80. The summed E-state index contributed by atoms with van der Waals surface area (Å²) in [6.45, 7) is 9.56. The molecule has 0 spiro atoms. The summed E-state index contributed by atoms with van der Waals surface area (Å²) >= 11 is 0. The molecule has 0 unspecified atom stereocenters. The van der Waals surface area contributed by atoms with Gasteiger partial charge in [0.25, 0.3) is 0 Å². The average molecular weight is 164 g/mol. The Labute approximate surface area is 76.7 Å². The zero-order valence-corrected chi connectivity index (χ0v) is 8.18. The summed E-state index contributed by atoms with van der Waals surface area (Å²) in [5, 5.41) is 0. The molecule has 0 fully saturated rings. The predicted octanol–water partition coefficient (Wildman–Crippen LogP) is 4.10. The minimum Gasteiger partial charge on any atom is -0.133 e. The summed E-state index contributed by atoms with van der Waals surface area (Å²) in [7, 11) is 0. The molecule has 0 bridgehead atoms. The van der Waals surface area contributed by atoms with Crippen molar-refractivity contribution < 1.29 is 0 Å². The lowest BCUT2D eigenvalue weighted by atomic mass is 9.95. The molecule has 0 saturated heterocycles. The molecule has 0 aliphatic rings. The third kappa shape index (κ3) is 6.00. The van der Waals surface area contributed by atoms with Gasteiger partial charge in [0, 0.05) is 0 Å². The van der Waals surface area contributed by atoms with Crippen molar-refractivity contribution in [2.45, 2.75) is 39.0 Å². The van der Waals surface area contributed by atoms with Gasteiger partial charge in [-0.1, -0.05) is 32.4 Å². The first-order chi connectivity index (χ1) is 5.85. The van der Waals surface area contributed by atoms with Gasteiger partial charge in [-0.3, -0.25) is 0 Å². The van der Waals surface area contributed by atoms with Gasteiger partial charge >= 0.3 is 0 Å². The molecule has 12 heavy (non-hydrogen) atoms. The second-order valence-corrected chi connectivity index (χ2v) is 3.16. The van der Waals surface area contributed by atoms with E-state index in [1.54, 1.807) is 0 Å². The van der Waals surface area contributed by atoms with Gasteiger partial charge < -0.3 is 0 Å². The monoisotopic (exact) mass is 164 g/mol. The highest BCUT2D eigenvalue weighted by atomic mass is 14.1. The molecule has 0 aromatic carbocycles. The lowest BCUT2D eigenvalue weighted by Gasteiger charge is -2.11. The molecular formula is C12H20. The van der Waals surface area contributed by atoms with E-state index < -0.39 is 0 Å². The maximum absolute atomic E-state index is 3.77. The third-order valence-electron chi connectivity index (χ3n) is 2.06. The zero-order valence-electron chi connectivity index (χ0n) is 8.18. The van der Waals surface area contributed by atoms with Crippen LogP contribution in [-0.4, -0.2) is 0 Å². The summed E-state index contributed by atoms with van der Waals surface area (Å²) < 4.78 is 0. The van der Waals surface area contributed by atoms with Crippen LogP contribution in [0, 0.1) is 5.92 Å². The van der Waals surface area contributed by atoms with Crippen LogP contribution in [0.2, 0.25) is 0 Å². The molecule has 0 heteroatoms. The summed E-state index contributed by atoms with van der Waals surface area (Å²) in [6.07, 6.45) is 10.2. The maximum atomic E-state index is 3.77. The fraction of sp³-hybridized carbons (Fsp3) is 0.583. The van der Waals surface area contributed by atoms with Crippen molar-refractivity contribution >= 4 is 0 Å². The molecule has 0 aliphatic carbocycles. The Hall–Kier alpha value is -0.740. The van der Waals surface area contributed by atoms with E-state index in [1.165, 1.54) is 19.3 Å². The summed E-state index contributed by atoms with van der Waals surface area (Å²) in [4.78, 5) is 0. The van der Waals surface area contributed by atoms with Crippen molar-refractivity contribution in [2.24, 2.45) is 5.92 Å². The van der Waals surface area contributed by atoms with Crippen LogP contribution in [0.1, 0.15) is 39.0 Å². The normalized spacial score (nSPS) is 11.8. The van der Waals surface area contributed by atoms with Crippen LogP contribution in [0.25, 0.3) is 0 Å². The Morgan fingerprint density at radius 3 is 2.67 bits per heavy atom. The van der Waals surface area contributed by atoms with E-state index in [4.69, 9.17) is 0 Å². The number of rotatable bonds is 7. The fourth-order valence-electron chi connectivity index (χ4n) is 1.45. The van der Waals surface area contributed by atoms with E-state index in [9.17, 15) is 0 Å². The highest BCUT2D eigenvalue weighted by molar-refractivity contribution is 4.79. The molecule has 0 radical (unpaired) electrons. The Morgan fingerprint density at radius 1 is 1.42 bits per heavy atom. The van der Waals surface area contributed by atoms with Gasteiger partial charge in [-0.2, -0.15) is 0 Å². The van der Waals surface area contributed by atoms with Crippen molar-refractivity contribution in [3.05, 3.63) is 31.0 Å². The van der Waals surface area contributed by atoms with Gasteiger partial charge in [-0.25, -0.2) is 0 Å². The van der Waals surface area contributed by atoms with Crippen LogP contribution in [0.15, 0.2) is 31.0 Å². The van der Waals surface area contributed by atoms with E-state index in [2.05, 4.69) is 25.8 Å². The topological polar surface area (TPSA) is 0 Å². The van der Waals surface area contributed by atoms with Crippen LogP contribution in [-0.2, 0) is 0 Å². The molecule has 1 atom stereocenters.